The van der Waals surface area contributed by atoms with Crippen LogP contribution in [0.2, 0.25) is 5.02 Å². The quantitative estimate of drug-likeness (QED) is 0.415. The maximum atomic E-state index is 6.10. The van der Waals surface area contributed by atoms with Crippen molar-refractivity contribution < 1.29 is 4.74 Å². The minimum absolute atomic E-state index is 0.615. The zero-order valence-electron chi connectivity index (χ0n) is 16.9. The molecule has 0 saturated heterocycles. The second-order valence-corrected chi connectivity index (χ2v) is 7.65. The van der Waals surface area contributed by atoms with Crippen LogP contribution in [-0.2, 0) is 0 Å². The van der Waals surface area contributed by atoms with Crippen molar-refractivity contribution in [3.8, 4) is 17.0 Å². The second kappa shape index (κ2) is 7.72. The predicted molar refractivity (Wildman–Crippen MR) is 120 cm³/mol. The molecule has 0 bridgehead atoms. The van der Waals surface area contributed by atoms with Crippen molar-refractivity contribution in [2.75, 3.05) is 12.4 Å². The molecule has 0 spiro atoms. The van der Waals surface area contributed by atoms with Gasteiger partial charge in [0.15, 0.2) is 5.82 Å². The van der Waals surface area contributed by atoms with Crippen LogP contribution < -0.4 is 10.1 Å². The molecule has 4 aromatic rings. The van der Waals surface area contributed by atoms with E-state index < -0.39 is 0 Å². The molecule has 0 amide bonds. The summed E-state index contributed by atoms with van der Waals surface area (Å²) in [5.41, 5.74) is 6.34. The van der Waals surface area contributed by atoms with E-state index in [0.717, 1.165) is 27.7 Å². The number of fused-ring (bicyclic) bond motifs is 1. The molecule has 0 unspecified atom stereocenters. The number of aromatic nitrogens is 2. The van der Waals surface area contributed by atoms with Gasteiger partial charge in [-0.25, -0.2) is 0 Å². The number of hydrogen-bond acceptors (Lipinski definition) is 4. The molecule has 0 saturated carbocycles. The first-order valence-electron chi connectivity index (χ1n) is 9.41. The van der Waals surface area contributed by atoms with Gasteiger partial charge in [-0.3, -0.25) is 0 Å². The molecule has 1 heterocycles. The third-order valence-corrected chi connectivity index (χ3v) is 5.37. The van der Waals surface area contributed by atoms with Crippen LogP contribution in [0.25, 0.3) is 22.0 Å². The Hall–Kier alpha value is -3.11. The highest BCUT2D eigenvalue weighted by atomic mass is 35.5. The lowest BCUT2D eigenvalue weighted by molar-refractivity contribution is 0.417. The molecule has 5 heteroatoms. The monoisotopic (exact) mass is 403 g/mol. The lowest BCUT2D eigenvalue weighted by atomic mass is 9.99. The van der Waals surface area contributed by atoms with Gasteiger partial charge in [0.2, 0.25) is 0 Å². The molecule has 0 aliphatic carbocycles. The molecule has 1 aromatic heterocycles. The van der Waals surface area contributed by atoms with Crippen LogP contribution in [0.3, 0.4) is 0 Å². The summed E-state index contributed by atoms with van der Waals surface area (Å²) in [4.78, 5) is 0. The van der Waals surface area contributed by atoms with Crippen molar-refractivity contribution >= 4 is 33.9 Å². The van der Waals surface area contributed by atoms with Crippen molar-refractivity contribution in [1.29, 1.82) is 0 Å². The molecule has 3 aromatic carbocycles. The fraction of sp³-hybridized carbons (Fsp3) is 0.167. The molecule has 0 aliphatic rings. The average Bonchev–Trinajstić information content (AvgIpc) is 2.71. The second-order valence-electron chi connectivity index (χ2n) is 7.21. The highest BCUT2D eigenvalue weighted by molar-refractivity contribution is 6.30. The molecule has 0 radical (unpaired) electrons. The molecular weight excluding hydrogens is 382 g/mol. The SMILES string of the molecule is COc1cc(Cl)ccc1Nc1nnc(-c2ccc(C)cc2)c2cc(C)c(C)cc12. The van der Waals surface area contributed by atoms with Crippen LogP contribution in [-0.4, -0.2) is 17.3 Å². The van der Waals surface area contributed by atoms with Crippen molar-refractivity contribution in [2.24, 2.45) is 0 Å². The van der Waals surface area contributed by atoms with Gasteiger partial charge >= 0.3 is 0 Å². The Kier molecular flexibility index (Phi) is 5.12. The van der Waals surface area contributed by atoms with E-state index in [1.165, 1.54) is 16.7 Å². The normalized spacial score (nSPS) is 10.9. The molecule has 4 nitrogen and oxygen atoms in total. The number of halogens is 1. The van der Waals surface area contributed by atoms with Crippen LogP contribution in [0.5, 0.6) is 5.75 Å². The first kappa shape index (κ1) is 19.2. The lowest BCUT2D eigenvalue weighted by Gasteiger charge is -2.15. The predicted octanol–water partition coefficient (Wildman–Crippen LogP) is 6.63. The average molecular weight is 404 g/mol. The maximum Gasteiger partial charge on any atom is 0.161 e. The van der Waals surface area contributed by atoms with Crippen LogP contribution in [0.1, 0.15) is 16.7 Å². The summed E-state index contributed by atoms with van der Waals surface area (Å²) in [6, 6.07) is 18.2. The van der Waals surface area contributed by atoms with Gasteiger partial charge in [-0.15, -0.1) is 10.2 Å². The van der Waals surface area contributed by atoms with E-state index in [9.17, 15) is 0 Å². The van der Waals surface area contributed by atoms with Crippen molar-refractivity contribution in [3.63, 3.8) is 0 Å². The molecule has 4 rings (SSSR count). The van der Waals surface area contributed by atoms with E-state index in [2.05, 4.69) is 72.7 Å². The Morgan fingerprint density at radius 2 is 1.52 bits per heavy atom. The minimum atomic E-state index is 0.615. The molecule has 29 heavy (non-hydrogen) atoms. The maximum absolute atomic E-state index is 6.10. The first-order valence-corrected chi connectivity index (χ1v) is 9.79. The van der Waals surface area contributed by atoms with Gasteiger partial charge in [0.1, 0.15) is 11.4 Å². The summed E-state index contributed by atoms with van der Waals surface area (Å²) in [6.07, 6.45) is 0. The van der Waals surface area contributed by atoms with Gasteiger partial charge in [-0.05, 0) is 56.2 Å². The summed E-state index contributed by atoms with van der Waals surface area (Å²) in [5.74, 6) is 1.33. The summed E-state index contributed by atoms with van der Waals surface area (Å²) in [7, 11) is 1.62. The van der Waals surface area contributed by atoms with Gasteiger partial charge in [0.25, 0.3) is 0 Å². The van der Waals surface area contributed by atoms with Gasteiger partial charge in [-0.2, -0.15) is 0 Å². The highest BCUT2D eigenvalue weighted by Crippen LogP contribution is 2.35. The number of anilines is 2. The number of aryl methyl sites for hydroxylation is 3. The van der Waals surface area contributed by atoms with Crippen molar-refractivity contribution in [2.45, 2.75) is 20.8 Å². The highest BCUT2D eigenvalue weighted by Gasteiger charge is 2.14. The fourth-order valence-electron chi connectivity index (χ4n) is 3.33. The standard InChI is InChI=1S/C24H22ClN3O/c1-14-5-7-17(8-6-14)23-19-11-15(2)16(3)12-20(19)24(28-27-23)26-21-10-9-18(25)13-22(21)29-4/h5-13H,1-4H3,(H,26,28). The number of nitrogens with zero attached hydrogens (tertiary/aromatic N) is 2. The van der Waals surface area contributed by atoms with Crippen LogP contribution in [0.15, 0.2) is 54.6 Å². The lowest BCUT2D eigenvalue weighted by Crippen LogP contribution is -2.01. The number of rotatable bonds is 4. The number of hydrogen-bond donors (Lipinski definition) is 1. The van der Waals surface area contributed by atoms with E-state index >= 15 is 0 Å². The van der Waals surface area contributed by atoms with E-state index in [4.69, 9.17) is 16.3 Å². The third-order valence-electron chi connectivity index (χ3n) is 5.14. The third kappa shape index (κ3) is 3.76. The largest absolute Gasteiger partial charge is 0.495 e. The Balaban J connectivity index is 1.89. The van der Waals surface area contributed by atoms with Gasteiger partial charge in [0.05, 0.1) is 12.8 Å². The number of ether oxygens (including phenoxy) is 1. The van der Waals surface area contributed by atoms with Crippen LogP contribution >= 0.6 is 11.6 Å². The van der Waals surface area contributed by atoms with E-state index in [1.54, 1.807) is 13.2 Å². The van der Waals surface area contributed by atoms with Crippen LogP contribution in [0.4, 0.5) is 11.5 Å². The molecule has 0 fully saturated rings. The van der Waals surface area contributed by atoms with E-state index in [-0.39, 0.29) is 0 Å². The van der Waals surface area contributed by atoms with Crippen molar-refractivity contribution in [3.05, 3.63) is 76.3 Å². The molecular formula is C24H22ClN3O. The van der Waals surface area contributed by atoms with E-state index in [1.807, 2.05) is 12.1 Å². The summed E-state index contributed by atoms with van der Waals surface area (Å²) in [5, 5.41) is 15.1. The molecule has 146 valence electrons. The minimum Gasteiger partial charge on any atom is -0.495 e. The Morgan fingerprint density at radius 1 is 0.828 bits per heavy atom. The summed E-state index contributed by atoms with van der Waals surface area (Å²) < 4.78 is 5.46. The zero-order valence-corrected chi connectivity index (χ0v) is 17.6. The van der Waals surface area contributed by atoms with Gasteiger partial charge in [-0.1, -0.05) is 41.4 Å². The smallest absolute Gasteiger partial charge is 0.161 e. The Bertz CT molecular complexity index is 1200. The first-order chi connectivity index (χ1) is 14.0. The fourth-order valence-corrected chi connectivity index (χ4v) is 3.49. The number of methoxy groups -OCH3 is 1. The topological polar surface area (TPSA) is 47.0 Å². The summed E-state index contributed by atoms with van der Waals surface area (Å²) in [6.45, 7) is 6.30. The van der Waals surface area contributed by atoms with Crippen molar-refractivity contribution in [1.82, 2.24) is 10.2 Å². The van der Waals surface area contributed by atoms with E-state index in [0.29, 0.717) is 16.6 Å². The van der Waals surface area contributed by atoms with Gasteiger partial charge < -0.3 is 10.1 Å². The Morgan fingerprint density at radius 3 is 2.21 bits per heavy atom. The summed E-state index contributed by atoms with van der Waals surface area (Å²) >= 11 is 6.10. The zero-order chi connectivity index (χ0) is 20.5. The molecule has 0 aliphatic heterocycles. The molecule has 0 atom stereocenters. The molecule has 1 N–H and O–H groups in total. The van der Waals surface area contributed by atoms with Crippen LogP contribution in [0, 0.1) is 20.8 Å². The number of benzene rings is 3. The Labute approximate surface area is 175 Å². The van der Waals surface area contributed by atoms with Gasteiger partial charge in [0, 0.05) is 27.4 Å². The number of nitrogens with one attached hydrogen (secondary N) is 1.